The van der Waals surface area contributed by atoms with Crippen molar-refractivity contribution >= 4 is 51.7 Å². The van der Waals surface area contributed by atoms with Gasteiger partial charge in [-0.1, -0.05) is 12.1 Å². The molecule has 1 heterocycles. The molecule has 1 aromatic heterocycles. The Balaban J connectivity index is 1.87. The first-order chi connectivity index (χ1) is 10.6. The maximum atomic E-state index is 12.0. The molecule has 2 amide bonds. The number of thiocarbonyl (C=S) groups is 1. The van der Waals surface area contributed by atoms with Gasteiger partial charge in [0.15, 0.2) is 5.11 Å². The zero-order valence-corrected chi connectivity index (χ0v) is 14.1. The normalized spacial score (nSPS) is 9.68. The van der Waals surface area contributed by atoms with E-state index in [4.69, 9.17) is 12.2 Å². The van der Waals surface area contributed by atoms with Gasteiger partial charge in [-0.2, -0.15) is 0 Å². The minimum atomic E-state index is -0.408. The van der Waals surface area contributed by atoms with Gasteiger partial charge < -0.3 is 0 Å². The van der Waals surface area contributed by atoms with E-state index in [1.54, 1.807) is 30.5 Å². The minimum absolute atomic E-state index is 0.00635. The third-order valence-corrected chi connectivity index (χ3v) is 3.70. The number of carbonyl (C=O) groups excluding carboxylic acids is 2. The molecule has 0 fully saturated rings. The molecule has 22 heavy (non-hydrogen) atoms. The van der Waals surface area contributed by atoms with Crippen molar-refractivity contribution in [2.45, 2.75) is 0 Å². The van der Waals surface area contributed by atoms with E-state index in [9.17, 15) is 9.59 Å². The maximum Gasteiger partial charge on any atom is 0.270 e. The summed E-state index contributed by atoms with van der Waals surface area (Å²) < 4.78 is 0.810. The summed E-state index contributed by atoms with van der Waals surface area (Å²) in [5, 5.41) is 2.44. The number of hydrogen-bond acceptors (Lipinski definition) is 4. The molecule has 2 aromatic rings. The van der Waals surface area contributed by atoms with E-state index in [2.05, 4.69) is 43.7 Å². The van der Waals surface area contributed by atoms with E-state index >= 15 is 0 Å². The van der Waals surface area contributed by atoms with Crippen LogP contribution < -0.4 is 16.2 Å². The second-order valence-electron chi connectivity index (χ2n) is 4.08. The zero-order chi connectivity index (χ0) is 15.9. The van der Waals surface area contributed by atoms with Gasteiger partial charge in [0.05, 0.1) is 11.1 Å². The van der Waals surface area contributed by atoms with Crippen molar-refractivity contribution in [1.82, 2.24) is 21.2 Å². The lowest BCUT2D eigenvalue weighted by molar-refractivity contribution is 0.0934. The number of carbonyl (C=O) groups is 2. The van der Waals surface area contributed by atoms with Gasteiger partial charge in [0.1, 0.15) is 0 Å². The largest absolute Gasteiger partial charge is 0.298 e. The Kier molecular flexibility index (Phi) is 5.78. The molecule has 0 unspecified atom stereocenters. The summed E-state index contributed by atoms with van der Waals surface area (Å²) in [7, 11) is 0. The number of aromatic nitrogens is 1. The topological polar surface area (TPSA) is 83.1 Å². The molecule has 0 aliphatic heterocycles. The fraction of sp³-hybridized carbons (Fsp3) is 0. The molecule has 0 aliphatic carbocycles. The lowest BCUT2D eigenvalue weighted by Gasteiger charge is -2.11. The predicted molar refractivity (Wildman–Crippen MR) is 94.1 cm³/mol. The molecular weight excluding hydrogens is 415 g/mol. The van der Waals surface area contributed by atoms with Crippen LogP contribution in [0.2, 0.25) is 0 Å². The first kappa shape index (κ1) is 16.3. The number of pyridine rings is 1. The molecule has 1 aromatic carbocycles. The van der Waals surface area contributed by atoms with Crippen LogP contribution >= 0.6 is 34.8 Å². The Hall–Kier alpha value is -2.07. The molecule has 6 nitrogen and oxygen atoms in total. The third-order valence-electron chi connectivity index (χ3n) is 2.56. The van der Waals surface area contributed by atoms with Crippen LogP contribution in [0, 0.1) is 3.57 Å². The van der Waals surface area contributed by atoms with Crippen molar-refractivity contribution < 1.29 is 9.59 Å². The minimum Gasteiger partial charge on any atom is -0.298 e. The molecule has 0 radical (unpaired) electrons. The summed E-state index contributed by atoms with van der Waals surface area (Å²) >= 11 is 7.01. The van der Waals surface area contributed by atoms with E-state index in [1.165, 1.54) is 6.20 Å². The van der Waals surface area contributed by atoms with E-state index in [0.29, 0.717) is 11.1 Å². The summed E-state index contributed by atoms with van der Waals surface area (Å²) in [6.07, 6.45) is 2.98. The molecule has 0 saturated heterocycles. The smallest absolute Gasteiger partial charge is 0.270 e. The molecule has 0 saturated carbocycles. The van der Waals surface area contributed by atoms with Gasteiger partial charge in [0, 0.05) is 16.0 Å². The van der Waals surface area contributed by atoms with Crippen molar-refractivity contribution in [2.24, 2.45) is 0 Å². The van der Waals surface area contributed by atoms with Crippen molar-refractivity contribution in [3.8, 4) is 0 Å². The molecular formula is C14H11IN4O2S. The van der Waals surface area contributed by atoms with Crippen LogP contribution in [-0.2, 0) is 0 Å². The summed E-state index contributed by atoms with van der Waals surface area (Å²) in [6.45, 7) is 0. The SMILES string of the molecule is O=C(NC(=S)NNC(=O)c1ccccc1I)c1cccnc1. The van der Waals surface area contributed by atoms with Gasteiger partial charge in [-0.05, 0) is 59.1 Å². The van der Waals surface area contributed by atoms with E-state index in [0.717, 1.165) is 3.57 Å². The lowest BCUT2D eigenvalue weighted by Crippen LogP contribution is -2.48. The monoisotopic (exact) mass is 426 g/mol. The average Bonchev–Trinajstić information content (AvgIpc) is 2.54. The Morgan fingerprint density at radius 2 is 1.82 bits per heavy atom. The standard InChI is InChI=1S/C14H11IN4O2S/c15-11-6-2-1-5-10(11)13(21)18-19-14(22)17-12(20)9-4-3-7-16-8-9/h1-8H,(H,18,21)(H2,17,19,20,22). The highest BCUT2D eigenvalue weighted by Gasteiger charge is 2.11. The summed E-state index contributed by atoms with van der Waals surface area (Å²) in [6, 6.07) is 10.4. The van der Waals surface area contributed by atoms with Crippen molar-refractivity contribution in [1.29, 1.82) is 0 Å². The quantitative estimate of drug-likeness (QED) is 0.387. The second kappa shape index (κ2) is 7.80. The molecule has 3 N–H and O–H groups in total. The number of nitrogens with one attached hydrogen (secondary N) is 3. The van der Waals surface area contributed by atoms with E-state index < -0.39 is 5.91 Å². The highest BCUT2D eigenvalue weighted by molar-refractivity contribution is 14.1. The number of rotatable bonds is 2. The maximum absolute atomic E-state index is 12.0. The number of benzene rings is 1. The van der Waals surface area contributed by atoms with Crippen LogP contribution in [0.15, 0.2) is 48.8 Å². The van der Waals surface area contributed by atoms with Crippen LogP contribution in [0.4, 0.5) is 0 Å². The summed E-state index contributed by atoms with van der Waals surface area (Å²) in [4.78, 5) is 27.6. The van der Waals surface area contributed by atoms with Crippen molar-refractivity contribution in [3.63, 3.8) is 0 Å². The molecule has 2 rings (SSSR count). The van der Waals surface area contributed by atoms with E-state index in [1.807, 2.05) is 12.1 Å². The highest BCUT2D eigenvalue weighted by Crippen LogP contribution is 2.10. The molecule has 112 valence electrons. The van der Waals surface area contributed by atoms with Crippen LogP contribution in [-0.4, -0.2) is 21.9 Å². The number of hydrazine groups is 1. The van der Waals surface area contributed by atoms with Crippen LogP contribution in [0.5, 0.6) is 0 Å². The third kappa shape index (κ3) is 4.46. The zero-order valence-electron chi connectivity index (χ0n) is 11.2. The number of nitrogens with zero attached hydrogens (tertiary/aromatic N) is 1. The van der Waals surface area contributed by atoms with Crippen LogP contribution in [0.3, 0.4) is 0 Å². The molecule has 0 bridgehead atoms. The molecule has 0 atom stereocenters. The van der Waals surface area contributed by atoms with Gasteiger partial charge in [0.25, 0.3) is 11.8 Å². The fourth-order valence-corrected chi connectivity index (χ4v) is 2.31. The van der Waals surface area contributed by atoms with Gasteiger partial charge >= 0.3 is 0 Å². The second-order valence-corrected chi connectivity index (χ2v) is 5.65. The Bertz CT molecular complexity index is 709. The van der Waals surface area contributed by atoms with Gasteiger partial charge in [0.2, 0.25) is 0 Å². The predicted octanol–water partition coefficient (Wildman–Crippen LogP) is 1.64. The van der Waals surface area contributed by atoms with Crippen molar-refractivity contribution in [2.75, 3.05) is 0 Å². The summed E-state index contributed by atoms with van der Waals surface area (Å²) in [5.74, 6) is -0.753. The molecule has 0 aliphatic rings. The first-order valence-electron chi connectivity index (χ1n) is 6.14. The van der Waals surface area contributed by atoms with Crippen molar-refractivity contribution in [3.05, 3.63) is 63.5 Å². The summed E-state index contributed by atoms with van der Waals surface area (Å²) in [5.41, 5.74) is 5.80. The van der Waals surface area contributed by atoms with Crippen LogP contribution in [0.25, 0.3) is 0 Å². The number of amides is 2. The number of hydrogen-bond donors (Lipinski definition) is 3. The van der Waals surface area contributed by atoms with Gasteiger partial charge in [-0.3, -0.25) is 30.7 Å². The molecule has 8 heteroatoms. The van der Waals surface area contributed by atoms with E-state index in [-0.39, 0.29) is 11.0 Å². The molecule has 0 spiro atoms. The highest BCUT2D eigenvalue weighted by atomic mass is 127. The van der Waals surface area contributed by atoms with Gasteiger partial charge in [-0.25, -0.2) is 0 Å². The Labute approximate surface area is 145 Å². The van der Waals surface area contributed by atoms with Gasteiger partial charge in [-0.15, -0.1) is 0 Å². The number of halogens is 1. The first-order valence-corrected chi connectivity index (χ1v) is 7.63. The average molecular weight is 426 g/mol. The lowest BCUT2D eigenvalue weighted by atomic mass is 10.2. The fourth-order valence-electron chi connectivity index (χ4n) is 1.53. The Morgan fingerprint density at radius 3 is 2.50 bits per heavy atom. The Morgan fingerprint density at radius 1 is 1.05 bits per heavy atom. The van der Waals surface area contributed by atoms with Crippen LogP contribution in [0.1, 0.15) is 20.7 Å².